The zero-order chi connectivity index (χ0) is 19.5. The van der Waals surface area contributed by atoms with Gasteiger partial charge in [0, 0.05) is 43.6 Å². The van der Waals surface area contributed by atoms with Crippen LogP contribution < -0.4 is 15.3 Å². The van der Waals surface area contributed by atoms with Gasteiger partial charge in [0.15, 0.2) is 5.82 Å². The monoisotopic (exact) mass is 382 g/mol. The smallest absolute Gasteiger partial charge is 0.158 e. The molecular formula is C21H30N6O. The first kappa shape index (κ1) is 19.0. The molecule has 3 heterocycles. The van der Waals surface area contributed by atoms with E-state index in [-0.39, 0.29) is 0 Å². The van der Waals surface area contributed by atoms with Crippen LogP contribution in [0, 0.1) is 5.92 Å². The summed E-state index contributed by atoms with van der Waals surface area (Å²) in [4.78, 5) is 19.4. The average molecular weight is 383 g/mol. The summed E-state index contributed by atoms with van der Waals surface area (Å²) in [5, 5.41) is 5.33. The Labute approximate surface area is 167 Å². The zero-order valence-corrected chi connectivity index (χ0v) is 17.0. The van der Waals surface area contributed by atoms with E-state index in [1.54, 1.807) is 6.33 Å². The lowest BCUT2D eigenvalue weighted by Gasteiger charge is -2.34. The van der Waals surface area contributed by atoms with E-state index in [1.165, 1.54) is 5.69 Å². The van der Waals surface area contributed by atoms with Crippen molar-refractivity contribution in [3.8, 4) is 0 Å². The van der Waals surface area contributed by atoms with E-state index in [4.69, 9.17) is 4.84 Å². The molecule has 7 heteroatoms. The second-order valence-electron chi connectivity index (χ2n) is 7.98. The van der Waals surface area contributed by atoms with Gasteiger partial charge in [0.1, 0.15) is 12.1 Å². The van der Waals surface area contributed by atoms with E-state index in [9.17, 15) is 0 Å². The number of nitrogens with one attached hydrogen (secondary N) is 1. The van der Waals surface area contributed by atoms with Crippen molar-refractivity contribution < 1.29 is 4.84 Å². The first-order chi connectivity index (χ1) is 13.6. The van der Waals surface area contributed by atoms with Gasteiger partial charge in [-0.25, -0.2) is 15.0 Å². The average Bonchev–Trinajstić information content (AvgIpc) is 3.20. The standard InChI is InChI=1S/C21H30N6O/c1-16(2)19-8-13-28-27(19)21-14-20(22-15-23-21)24-17-4-6-18(7-5-17)26-11-9-25(3)10-12-26/h4-7,14-16,19H,8-13H2,1-3H3,(H,22,23,24)/t19-/m1/s1. The van der Waals surface area contributed by atoms with E-state index in [2.05, 4.69) is 70.2 Å². The first-order valence-corrected chi connectivity index (χ1v) is 10.1. The maximum absolute atomic E-state index is 5.81. The van der Waals surface area contributed by atoms with Crippen LogP contribution in [-0.4, -0.2) is 60.7 Å². The summed E-state index contributed by atoms with van der Waals surface area (Å²) in [5.41, 5.74) is 2.29. The molecule has 2 aliphatic heterocycles. The van der Waals surface area contributed by atoms with Crippen LogP contribution in [0.25, 0.3) is 0 Å². The third kappa shape index (κ3) is 4.20. The van der Waals surface area contributed by atoms with E-state index >= 15 is 0 Å². The normalized spacial score (nSPS) is 20.8. The number of likely N-dealkylation sites (N-methyl/N-ethyl adjacent to an activating group) is 1. The number of nitrogens with zero attached hydrogens (tertiary/aromatic N) is 5. The minimum atomic E-state index is 0.352. The SMILES string of the molecule is CC(C)[C@H]1CCON1c1cc(Nc2ccc(N3CCN(C)CC3)cc2)ncn1. The summed E-state index contributed by atoms with van der Waals surface area (Å²) >= 11 is 0. The molecule has 1 aromatic heterocycles. The Balaban J connectivity index is 1.43. The fraction of sp³-hybridized carbons (Fsp3) is 0.524. The highest BCUT2D eigenvalue weighted by Crippen LogP contribution is 2.28. The van der Waals surface area contributed by atoms with Gasteiger partial charge in [-0.1, -0.05) is 13.8 Å². The number of benzene rings is 1. The highest BCUT2D eigenvalue weighted by atomic mass is 16.7. The topological polar surface area (TPSA) is 56.8 Å². The molecule has 28 heavy (non-hydrogen) atoms. The number of hydroxylamine groups is 1. The van der Waals surface area contributed by atoms with Gasteiger partial charge in [-0.15, -0.1) is 0 Å². The van der Waals surface area contributed by atoms with Crippen molar-refractivity contribution in [3.63, 3.8) is 0 Å². The van der Waals surface area contributed by atoms with Crippen LogP contribution in [0.4, 0.5) is 23.0 Å². The van der Waals surface area contributed by atoms with Gasteiger partial charge < -0.3 is 15.1 Å². The third-order valence-electron chi connectivity index (χ3n) is 5.60. The van der Waals surface area contributed by atoms with Crippen molar-refractivity contribution in [3.05, 3.63) is 36.7 Å². The summed E-state index contributed by atoms with van der Waals surface area (Å²) in [5.74, 6) is 2.09. The Bertz CT molecular complexity index is 773. The molecule has 2 saturated heterocycles. The number of anilines is 4. The predicted molar refractivity (Wildman–Crippen MR) is 113 cm³/mol. The van der Waals surface area contributed by atoms with E-state index in [0.717, 1.165) is 56.5 Å². The highest BCUT2D eigenvalue weighted by molar-refractivity contribution is 5.62. The number of piperazine rings is 1. The lowest BCUT2D eigenvalue weighted by Crippen LogP contribution is -2.44. The van der Waals surface area contributed by atoms with Crippen molar-refractivity contribution in [2.45, 2.75) is 26.3 Å². The minimum Gasteiger partial charge on any atom is -0.369 e. The van der Waals surface area contributed by atoms with Crippen LogP contribution in [0.1, 0.15) is 20.3 Å². The molecule has 150 valence electrons. The maximum atomic E-state index is 5.81. The van der Waals surface area contributed by atoms with Gasteiger partial charge in [0.05, 0.1) is 12.6 Å². The van der Waals surface area contributed by atoms with Gasteiger partial charge in [0.25, 0.3) is 0 Å². The zero-order valence-electron chi connectivity index (χ0n) is 17.0. The molecule has 1 N–H and O–H groups in total. The molecule has 2 aromatic rings. The number of rotatable bonds is 5. The molecule has 0 aliphatic carbocycles. The molecule has 7 nitrogen and oxygen atoms in total. The second kappa shape index (κ2) is 8.32. The van der Waals surface area contributed by atoms with E-state index in [0.29, 0.717) is 12.0 Å². The minimum absolute atomic E-state index is 0.352. The van der Waals surface area contributed by atoms with Gasteiger partial charge in [-0.3, -0.25) is 4.84 Å². The van der Waals surface area contributed by atoms with Crippen molar-refractivity contribution in [2.75, 3.05) is 55.1 Å². The Hall–Kier alpha value is -2.38. The molecule has 0 unspecified atom stereocenters. The van der Waals surface area contributed by atoms with Crippen LogP contribution >= 0.6 is 0 Å². The number of hydrogen-bond acceptors (Lipinski definition) is 7. The lowest BCUT2D eigenvalue weighted by molar-refractivity contribution is 0.150. The highest BCUT2D eigenvalue weighted by Gasteiger charge is 2.30. The summed E-state index contributed by atoms with van der Waals surface area (Å²) in [6, 6.07) is 10.9. The number of hydrogen-bond donors (Lipinski definition) is 1. The quantitative estimate of drug-likeness (QED) is 0.852. The van der Waals surface area contributed by atoms with Crippen molar-refractivity contribution in [1.82, 2.24) is 14.9 Å². The Morgan fingerprint density at radius 1 is 1.07 bits per heavy atom. The van der Waals surface area contributed by atoms with Gasteiger partial charge >= 0.3 is 0 Å². The molecule has 1 aromatic carbocycles. The van der Waals surface area contributed by atoms with Crippen LogP contribution in [0.3, 0.4) is 0 Å². The second-order valence-corrected chi connectivity index (χ2v) is 7.98. The van der Waals surface area contributed by atoms with Crippen molar-refractivity contribution in [1.29, 1.82) is 0 Å². The fourth-order valence-electron chi connectivity index (χ4n) is 3.83. The Morgan fingerprint density at radius 3 is 2.54 bits per heavy atom. The molecule has 4 rings (SSSR count). The van der Waals surface area contributed by atoms with Crippen LogP contribution in [-0.2, 0) is 4.84 Å². The Kier molecular flexibility index (Phi) is 5.64. The van der Waals surface area contributed by atoms with Crippen molar-refractivity contribution in [2.24, 2.45) is 5.92 Å². The molecule has 0 bridgehead atoms. The Morgan fingerprint density at radius 2 is 1.82 bits per heavy atom. The predicted octanol–water partition coefficient (Wildman–Crippen LogP) is 3.14. The largest absolute Gasteiger partial charge is 0.369 e. The summed E-state index contributed by atoms with van der Waals surface area (Å²) in [6.45, 7) is 9.54. The lowest BCUT2D eigenvalue weighted by atomic mass is 10.0. The molecule has 0 saturated carbocycles. The van der Waals surface area contributed by atoms with Gasteiger partial charge in [0.2, 0.25) is 0 Å². The van der Waals surface area contributed by atoms with Gasteiger partial charge in [-0.2, -0.15) is 0 Å². The number of aromatic nitrogens is 2. The molecule has 0 spiro atoms. The summed E-state index contributed by atoms with van der Waals surface area (Å²) in [7, 11) is 2.18. The third-order valence-corrected chi connectivity index (χ3v) is 5.60. The summed E-state index contributed by atoms with van der Waals surface area (Å²) < 4.78 is 0. The molecule has 2 aliphatic rings. The molecular weight excluding hydrogens is 352 g/mol. The van der Waals surface area contributed by atoms with Crippen LogP contribution in [0.15, 0.2) is 36.7 Å². The van der Waals surface area contributed by atoms with Crippen molar-refractivity contribution >= 4 is 23.0 Å². The maximum Gasteiger partial charge on any atom is 0.158 e. The van der Waals surface area contributed by atoms with Crippen LogP contribution in [0.5, 0.6) is 0 Å². The van der Waals surface area contributed by atoms with E-state index in [1.807, 2.05) is 11.1 Å². The van der Waals surface area contributed by atoms with Gasteiger partial charge in [-0.05, 0) is 43.7 Å². The van der Waals surface area contributed by atoms with E-state index < -0.39 is 0 Å². The molecule has 1 atom stereocenters. The molecule has 0 amide bonds. The van der Waals surface area contributed by atoms with Crippen LogP contribution in [0.2, 0.25) is 0 Å². The first-order valence-electron chi connectivity index (χ1n) is 10.1. The molecule has 0 radical (unpaired) electrons. The fourth-order valence-corrected chi connectivity index (χ4v) is 3.83. The summed E-state index contributed by atoms with van der Waals surface area (Å²) in [6.07, 6.45) is 2.62. The molecule has 2 fully saturated rings.